The molecule has 0 spiro atoms. The van der Waals surface area contributed by atoms with Crippen molar-refractivity contribution in [2.45, 2.75) is 12.8 Å². The van der Waals surface area contributed by atoms with E-state index in [-0.39, 0.29) is 11.7 Å². The number of benzene rings is 4. The minimum atomic E-state index is -1.12. The van der Waals surface area contributed by atoms with E-state index in [1.807, 2.05) is 78.9 Å². The van der Waals surface area contributed by atoms with Crippen molar-refractivity contribution in [3.05, 3.63) is 123 Å². The molecule has 5 nitrogen and oxygen atoms in total. The van der Waals surface area contributed by atoms with E-state index < -0.39 is 12.6 Å². The summed E-state index contributed by atoms with van der Waals surface area (Å²) in [4.78, 5) is 24.9. The molecular formula is C30H25BrClNO4. The highest BCUT2D eigenvalue weighted by atomic mass is 79.9. The lowest BCUT2D eigenvalue weighted by molar-refractivity contribution is -0.139. The molecule has 0 atom stereocenters. The summed E-state index contributed by atoms with van der Waals surface area (Å²) in [5.74, 6) is -1.12. The van der Waals surface area contributed by atoms with Gasteiger partial charge in [0.05, 0.1) is 10.0 Å². The molecule has 37 heavy (non-hydrogen) atoms. The Bertz CT molecular complexity index is 1390. The Morgan fingerprint density at radius 2 is 1.57 bits per heavy atom. The third kappa shape index (κ3) is 7.00. The zero-order valence-electron chi connectivity index (χ0n) is 19.9. The number of aliphatic carboxylic acids is 1. The van der Waals surface area contributed by atoms with Crippen LogP contribution in [0.5, 0.6) is 5.75 Å². The van der Waals surface area contributed by atoms with Crippen molar-refractivity contribution in [2.75, 3.05) is 13.2 Å². The van der Waals surface area contributed by atoms with E-state index in [0.717, 1.165) is 22.3 Å². The summed E-state index contributed by atoms with van der Waals surface area (Å²) in [5, 5.41) is 12.8. The van der Waals surface area contributed by atoms with Crippen LogP contribution >= 0.6 is 27.5 Å². The van der Waals surface area contributed by atoms with E-state index in [9.17, 15) is 14.7 Å². The fourth-order valence-electron chi connectivity index (χ4n) is 4.08. The van der Waals surface area contributed by atoms with Crippen LogP contribution in [0, 0.1) is 0 Å². The first-order chi connectivity index (χ1) is 17.9. The van der Waals surface area contributed by atoms with Crippen LogP contribution in [0.1, 0.15) is 27.0 Å². The van der Waals surface area contributed by atoms with Crippen LogP contribution in [0.15, 0.2) is 95.5 Å². The standard InChI is InChI=1S/C30H25BrClNO4/c31-28-27(30(36)33-15-14-20-8-3-1-4-9-20)23(16-21-10-5-2-6-11-21)18-25(29(28)37-19-26(34)35)22-12-7-13-24(32)17-22/h1-13,17-18H,14-16,19H2,(H,33,36)(H,34,35). The summed E-state index contributed by atoms with van der Waals surface area (Å²) in [6.45, 7) is -0.110. The average Bonchev–Trinajstić information content (AvgIpc) is 2.89. The molecule has 4 rings (SSSR count). The largest absolute Gasteiger partial charge is 0.480 e. The summed E-state index contributed by atoms with van der Waals surface area (Å²) in [6, 6.07) is 28.9. The van der Waals surface area contributed by atoms with Crippen molar-refractivity contribution >= 4 is 39.4 Å². The molecule has 0 fully saturated rings. The Morgan fingerprint density at radius 3 is 2.22 bits per heavy atom. The number of amides is 1. The van der Waals surface area contributed by atoms with Crippen LogP contribution in [0.3, 0.4) is 0 Å². The Kier molecular flexibility index (Phi) is 8.99. The van der Waals surface area contributed by atoms with Crippen LogP contribution in [-0.4, -0.2) is 30.1 Å². The van der Waals surface area contributed by atoms with Gasteiger partial charge in [-0.15, -0.1) is 0 Å². The predicted octanol–water partition coefficient (Wildman–Crippen LogP) is 6.80. The molecule has 7 heteroatoms. The first-order valence-corrected chi connectivity index (χ1v) is 12.9. The van der Waals surface area contributed by atoms with Crippen LogP contribution in [0.25, 0.3) is 11.1 Å². The van der Waals surface area contributed by atoms with Gasteiger partial charge in [0.1, 0.15) is 5.75 Å². The molecule has 0 heterocycles. The summed E-state index contributed by atoms with van der Waals surface area (Å²) in [6.07, 6.45) is 1.18. The van der Waals surface area contributed by atoms with Gasteiger partial charge in [0.25, 0.3) is 5.91 Å². The summed E-state index contributed by atoms with van der Waals surface area (Å²) in [5.41, 5.74) is 4.72. The number of carbonyl (C=O) groups is 2. The first kappa shape index (κ1) is 26.5. The lowest BCUT2D eigenvalue weighted by Crippen LogP contribution is -2.27. The van der Waals surface area contributed by atoms with Gasteiger partial charge in [-0.3, -0.25) is 4.79 Å². The van der Waals surface area contributed by atoms with Crippen LogP contribution in [0.4, 0.5) is 0 Å². The number of rotatable bonds is 10. The SMILES string of the molecule is O=C(O)COc1c(-c2cccc(Cl)c2)cc(Cc2ccccc2)c(C(=O)NCCc2ccccc2)c1Br. The summed E-state index contributed by atoms with van der Waals surface area (Å²) < 4.78 is 6.12. The molecule has 0 aromatic heterocycles. The minimum Gasteiger partial charge on any atom is -0.480 e. The van der Waals surface area contributed by atoms with Gasteiger partial charge in [0.2, 0.25) is 0 Å². The van der Waals surface area contributed by atoms with Crippen LogP contribution in [-0.2, 0) is 17.6 Å². The quantitative estimate of drug-likeness (QED) is 0.217. The lowest BCUT2D eigenvalue weighted by Gasteiger charge is -2.20. The van der Waals surface area contributed by atoms with Crippen molar-refractivity contribution in [2.24, 2.45) is 0 Å². The van der Waals surface area contributed by atoms with E-state index in [1.165, 1.54) is 0 Å². The molecule has 0 aliphatic heterocycles. The zero-order chi connectivity index (χ0) is 26.2. The number of hydrogen-bond acceptors (Lipinski definition) is 3. The maximum atomic E-state index is 13.5. The molecule has 0 saturated heterocycles. The Labute approximate surface area is 229 Å². The van der Waals surface area contributed by atoms with Gasteiger partial charge in [0, 0.05) is 17.1 Å². The molecule has 0 aliphatic carbocycles. The van der Waals surface area contributed by atoms with E-state index in [0.29, 0.717) is 40.0 Å². The van der Waals surface area contributed by atoms with Gasteiger partial charge in [-0.1, -0.05) is 84.4 Å². The third-order valence-corrected chi connectivity index (χ3v) is 6.78. The van der Waals surface area contributed by atoms with E-state index in [4.69, 9.17) is 16.3 Å². The molecule has 188 valence electrons. The molecule has 0 saturated carbocycles. The zero-order valence-corrected chi connectivity index (χ0v) is 22.3. The second-order valence-corrected chi connectivity index (χ2v) is 9.68. The van der Waals surface area contributed by atoms with Crippen molar-refractivity contribution in [3.8, 4) is 16.9 Å². The molecule has 2 N–H and O–H groups in total. The summed E-state index contributed by atoms with van der Waals surface area (Å²) >= 11 is 9.85. The fourth-order valence-corrected chi connectivity index (χ4v) is 5.04. The Morgan fingerprint density at radius 1 is 0.892 bits per heavy atom. The van der Waals surface area contributed by atoms with Gasteiger partial charge < -0.3 is 15.2 Å². The van der Waals surface area contributed by atoms with Crippen molar-refractivity contribution < 1.29 is 19.4 Å². The number of carbonyl (C=O) groups excluding carboxylic acids is 1. The number of nitrogens with one attached hydrogen (secondary N) is 1. The lowest BCUT2D eigenvalue weighted by atomic mass is 9.93. The molecule has 0 radical (unpaired) electrons. The maximum Gasteiger partial charge on any atom is 0.341 e. The maximum absolute atomic E-state index is 13.5. The number of ether oxygens (including phenoxy) is 1. The van der Waals surface area contributed by atoms with Crippen molar-refractivity contribution in [1.29, 1.82) is 0 Å². The Balaban J connectivity index is 1.77. The second-order valence-electron chi connectivity index (χ2n) is 8.45. The smallest absolute Gasteiger partial charge is 0.341 e. The number of halogens is 2. The average molecular weight is 579 g/mol. The van der Waals surface area contributed by atoms with Crippen molar-refractivity contribution in [3.63, 3.8) is 0 Å². The number of carboxylic acids is 1. The molecule has 0 bridgehead atoms. The van der Waals surface area contributed by atoms with Gasteiger partial charge in [0.15, 0.2) is 6.61 Å². The number of hydrogen-bond donors (Lipinski definition) is 2. The fraction of sp³-hybridized carbons (Fsp3) is 0.133. The number of carboxylic acid groups (broad SMARTS) is 1. The molecule has 0 aliphatic rings. The third-order valence-electron chi connectivity index (χ3n) is 5.79. The second kappa shape index (κ2) is 12.6. The molecule has 0 unspecified atom stereocenters. The highest BCUT2D eigenvalue weighted by Gasteiger charge is 2.24. The monoisotopic (exact) mass is 577 g/mol. The van der Waals surface area contributed by atoms with Gasteiger partial charge in [-0.2, -0.15) is 0 Å². The molecular weight excluding hydrogens is 554 g/mol. The first-order valence-electron chi connectivity index (χ1n) is 11.7. The van der Waals surface area contributed by atoms with Gasteiger partial charge in [-0.25, -0.2) is 4.79 Å². The van der Waals surface area contributed by atoms with Crippen LogP contribution in [0.2, 0.25) is 5.02 Å². The predicted molar refractivity (Wildman–Crippen MR) is 149 cm³/mol. The van der Waals surface area contributed by atoms with Gasteiger partial charge in [-0.05, 0) is 69.2 Å². The molecule has 4 aromatic rings. The summed E-state index contributed by atoms with van der Waals surface area (Å²) in [7, 11) is 0. The highest BCUT2D eigenvalue weighted by Crippen LogP contribution is 2.42. The van der Waals surface area contributed by atoms with E-state index in [2.05, 4.69) is 21.2 Å². The van der Waals surface area contributed by atoms with E-state index in [1.54, 1.807) is 12.1 Å². The normalized spacial score (nSPS) is 10.6. The van der Waals surface area contributed by atoms with Crippen LogP contribution < -0.4 is 10.1 Å². The van der Waals surface area contributed by atoms with E-state index >= 15 is 0 Å². The molecule has 1 amide bonds. The topological polar surface area (TPSA) is 75.6 Å². The Hall–Kier alpha value is -3.61. The molecule has 4 aromatic carbocycles. The van der Waals surface area contributed by atoms with Gasteiger partial charge >= 0.3 is 5.97 Å². The minimum absolute atomic E-state index is 0.272. The highest BCUT2D eigenvalue weighted by molar-refractivity contribution is 9.10. The van der Waals surface area contributed by atoms with Crippen molar-refractivity contribution in [1.82, 2.24) is 5.32 Å².